The molecule has 3 N–H and O–H groups in total. The lowest BCUT2D eigenvalue weighted by Gasteiger charge is -2.30. The van der Waals surface area contributed by atoms with Crippen molar-refractivity contribution in [2.75, 3.05) is 41.3 Å². The Labute approximate surface area is 181 Å². The number of nitrogens with one attached hydrogen (secondary N) is 1. The molecule has 9 heteroatoms. The number of rotatable bonds is 5. The molecule has 0 spiro atoms. The highest BCUT2D eigenvalue weighted by molar-refractivity contribution is 5.99. The fraction of sp³-hybridized carbons (Fsp3) is 0.500. The summed E-state index contributed by atoms with van der Waals surface area (Å²) < 4.78 is 7.39. The van der Waals surface area contributed by atoms with Crippen LogP contribution in [0.1, 0.15) is 31.4 Å². The van der Waals surface area contributed by atoms with Crippen LogP contribution in [-0.2, 0) is 18.3 Å². The number of carbonyl (C=O) groups excluding carboxylic acids is 1. The molecule has 0 radical (unpaired) electrons. The zero-order valence-electron chi connectivity index (χ0n) is 17.9. The summed E-state index contributed by atoms with van der Waals surface area (Å²) in [4.78, 5) is 21.7. The van der Waals surface area contributed by atoms with Crippen molar-refractivity contribution >= 4 is 34.2 Å². The molecule has 1 aromatic carbocycles. The largest absolute Gasteiger partial charge is 0.432 e. The monoisotopic (exact) mass is 423 g/mol. The van der Waals surface area contributed by atoms with E-state index in [4.69, 9.17) is 10.2 Å². The van der Waals surface area contributed by atoms with E-state index in [0.717, 1.165) is 54.9 Å². The van der Waals surface area contributed by atoms with E-state index in [2.05, 4.69) is 26.4 Å². The van der Waals surface area contributed by atoms with Crippen LogP contribution in [0.25, 0.3) is 10.9 Å². The third-order valence-electron chi connectivity index (χ3n) is 6.08. The number of piperidine rings is 1. The summed E-state index contributed by atoms with van der Waals surface area (Å²) in [6, 6.07) is 4.79. The van der Waals surface area contributed by atoms with E-state index in [1.165, 1.54) is 19.3 Å². The van der Waals surface area contributed by atoms with E-state index in [-0.39, 0.29) is 18.4 Å². The van der Waals surface area contributed by atoms with Crippen molar-refractivity contribution in [3.8, 4) is 0 Å². The minimum atomic E-state index is -0.119. The summed E-state index contributed by atoms with van der Waals surface area (Å²) in [6.07, 6.45) is 8.24. The lowest BCUT2D eigenvalue weighted by Crippen LogP contribution is -2.30. The Bertz CT molecular complexity index is 1080. The number of oxazole rings is 1. The highest BCUT2D eigenvalue weighted by Crippen LogP contribution is 2.33. The number of aromatic nitrogens is 3. The molecule has 164 valence electrons. The molecule has 4 heterocycles. The number of carbonyl (C=O) groups is 1. The molecule has 1 amide bonds. The van der Waals surface area contributed by atoms with Gasteiger partial charge in [0, 0.05) is 50.9 Å². The van der Waals surface area contributed by atoms with Crippen LogP contribution in [0.5, 0.6) is 0 Å². The Kier molecular flexibility index (Phi) is 5.27. The van der Waals surface area contributed by atoms with E-state index in [1.54, 1.807) is 10.9 Å². The van der Waals surface area contributed by atoms with Gasteiger partial charge >= 0.3 is 0 Å². The maximum absolute atomic E-state index is 12.9. The molecule has 2 saturated heterocycles. The van der Waals surface area contributed by atoms with Crippen LogP contribution in [0.4, 0.5) is 17.4 Å². The first-order valence-corrected chi connectivity index (χ1v) is 11.0. The van der Waals surface area contributed by atoms with Gasteiger partial charge in [-0.3, -0.25) is 9.48 Å². The fourth-order valence-corrected chi connectivity index (χ4v) is 4.52. The molecular weight excluding hydrogens is 394 g/mol. The van der Waals surface area contributed by atoms with E-state index in [0.29, 0.717) is 11.7 Å². The predicted octanol–water partition coefficient (Wildman–Crippen LogP) is 2.27. The molecule has 5 rings (SSSR count). The average molecular weight is 424 g/mol. The molecule has 0 aliphatic carbocycles. The van der Waals surface area contributed by atoms with Crippen LogP contribution in [0.15, 0.2) is 29.0 Å². The molecule has 1 atom stereocenters. The van der Waals surface area contributed by atoms with Gasteiger partial charge in [-0.05, 0) is 37.8 Å². The highest BCUT2D eigenvalue weighted by Gasteiger charge is 2.24. The van der Waals surface area contributed by atoms with Crippen LogP contribution in [0, 0.1) is 0 Å². The molecule has 0 bridgehead atoms. The van der Waals surface area contributed by atoms with Crippen LogP contribution in [0.2, 0.25) is 0 Å². The Hall–Kier alpha value is -3.07. The molecule has 3 aromatic rings. The van der Waals surface area contributed by atoms with Crippen molar-refractivity contribution in [1.29, 1.82) is 0 Å². The number of aryl methyl sites for hydroxylation is 1. The molecule has 2 aliphatic rings. The smallest absolute Gasteiger partial charge is 0.297 e. The zero-order chi connectivity index (χ0) is 21.4. The second kappa shape index (κ2) is 8.22. The number of nitrogens with zero attached hydrogens (tertiary/aromatic N) is 5. The number of hydrogen-bond donors (Lipinski definition) is 2. The Balaban J connectivity index is 1.34. The molecule has 2 aromatic heterocycles. The Morgan fingerprint density at radius 3 is 2.84 bits per heavy atom. The molecule has 9 nitrogen and oxygen atoms in total. The molecule has 0 saturated carbocycles. The fourth-order valence-electron chi connectivity index (χ4n) is 4.52. The van der Waals surface area contributed by atoms with Gasteiger partial charge in [-0.25, -0.2) is 0 Å². The van der Waals surface area contributed by atoms with E-state index in [1.807, 2.05) is 24.2 Å². The van der Waals surface area contributed by atoms with Gasteiger partial charge in [0.05, 0.1) is 29.0 Å². The maximum Gasteiger partial charge on any atom is 0.297 e. The lowest BCUT2D eigenvalue weighted by atomic mass is 10.1. The first-order valence-electron chi connectivity index (χ1n) is 11.0. The van der Waals surface area contributed by atoms with Gasteiger partial charge in [0.2, 0.25) is 5.91 Å². The number of anilines is 3. The van der Waals surface area contributed by atoms with E-state index in [9.17, 15) is 4.79 Å². The third kappa shape index (κ3) is 4.23. The van der Waals surface area contributed by atoms with Gasteiger partial charge in [0.1, 0.15) is 6.26 Å². The number of benzene rings is 1. The van der Waals surface area contributed by atoms with Crippen molar-refractivity contribution in [1.82, 2.24) is 14.8 Å². The second-order valence-electron chi connectivity index (χ2n) is 8.62. The highest BCUT2D eigenvalue weighted by atomic mass is 16.4. The van der Waals surface area contributed by atoms with Crippen molar-refractivity contribution in [3.63, 3.8) is 0 Å². The number of fused-ring (bicyclic) bond motifs is 1. The predicted molar refractivity (Wildman–Crippen MR) is 120 cm³/mol. The molecule has 2 fully saturated rings. The third-order valence-corrected chi connectivity index (χ3v) is 6.08. The number of nitrogens with two attached hydrogens (primary N) is 1. The quantitative estimate of drug-likeness (QED) is 0.648. The number of hydrogen-bond acceptors (Lipinski definition) is 7. The van der Waals surface area contributed by atoms with Gasteiger partial charge in [0.25, 0.3) is 6.01 Å². The second-order valence-corrected chi connectivity index (χ2v) is 8.62. The topological polar surface area (TPSA) is 105 Å². The van der Waals surface area contributed by atoms with Crippen LogP contribution in [0.3, 0.4) is 0 Å². The van der Waals surface area contributed by atoms with Crippen LogP contribution < -0.4 is 20.9 Å². The van der Waals surface area contributed by atoms with Crippen molar-refractivity contribution in [3.05, 3.63) is 30.3 Å². The standard InChI is InChI=1S/C22H29N7O2/c1-27-12-15-9-20(28-6-3-2-4-7-28)19(11-18(15)26-27)25-21(30)10-17-14-31-22(24-17)29-8-5-16(23)13-29/h9,11-12,14,16H,2-8,10,13,23H2,1H3,(H,25,30)/t16-/m0/s1. The Morgan fingerprint density at radius 1 is 1.23 bits per heavy atom. The van der Waals surface area contributed by atoms with Crippen LogP contribution in [-0.4, -0.2) is 52.9 Å². The minimum absolute atomic E-state index is 0.119. The van der Waals surface area contributed by atoms with Crippen molar-refractivity contribution < 1.29 is 9.21 Å². The number of amides is 1. The molecule has 0 unspecified atom stereocenters. The van der Waals surface area contributed by atoms with Gasteiger partial charge in [-0.1, -0.05) is 0 Å². The molecular formula is C22H29N7O2. The lowest BCUT2D eigenvalue weighted by molar-refractivity contribution is -0.115. The first-order chi connectivity index (χ1) is 15.0. The zero-order valence-corrected chi connectivity index (χ0v) is 17.9. The van der Waals surface area contributed by atoms with E-state index >= 15 is 0 Å². The molecule has 2 aliphatic heterocycles. The van der Waals surface area contributed by atoms with Gasteiger partial charge < -0.3 is 25.3 Å². The van der Waals surface area contributed by atoms with Crippen LogP contribution >= 0.6 is 0 Å². The summed E-state index contributed by atoms with van der Waals surface area (Å²) in [7, 11) is 1.91. The van der Waals surface area contributed by atoms with E-state index < -0.39 is 0 Å². The average Bonchev–Trinajstić information content (AvgIpc) is 3.47. The maximum atomic E-state index is 12.9. The van der Waals surface area contributed by atoms with Gasteiger partial charge in [-0.2, -0.15) is 10.1 Å². The SMILES string of the molecule is Cn1cc2cc(N3CCCCC3)c(NC(=O)Cc3coc(N4CC[C@H](N)C4)n3)cc2n1. The summed E-state index contributed by atoms with van der Waals surface area (Å²) in [5, 5.41) is 8.68. The minimum Gasteiger partial charge on any atom is -0.432 e. The van der Waals surface area contributed by atoms with Gasteiger partial charge in [0.15, 0.2) is 0 Å². The first kappa shape index (κ1) is 19.9. The summed E-state index contributed by atoms with van der Waals surface area (Å²) in [6.45, 7) is 3.56. The summed E-state index contributed by atoms with van der Waals surface area (Å²) in [5.74, 6) is -0.119. The normalized spacial score (nSPS) is 19.4. The van der Waals surface area contributed by atoms with Crippen molar-refractivity contribution in [2.24, 2.45) is 12.8 Å². The van der Waals surface area contributed by atoms with Crippen molar-refractivity contribution in [2.45, 2.75) is 38.1 Å². The Morgan fingerprint density at radius 2 is 2.06 bits per heavy atom. The summed E-state index contributed by atoms with van der Waals surface area (Å²) >= 11 is 0. The van der Waals surface area contributed by atoms with Gasteiger partial charge in [-0.15, -0.1) is 0 Å². The summed E-state index contributed by atoms with van der Waals surface area (Å²) in [5.41, 5.74) is 9.31. The molecule has 31 heavy (non-hydrogen) atoms.